The van der Waals surface area contributed by atoms with E-state index < -0.39 is 0 Å². The van der Waals surface area contributed by atoms with Crippen LogP contribution in [0.3, 0.4) is 0 Å². The summed E-state index contributed by atoms with van der Waals surface area (Å²) in [6.45, 7) is 4.31. The van der Waals surface area contributed by atoms with Crippen LogP contribution in [-0.4, -0.2) is 57.5 Å². The van der Waals surface area contributed by atoms with Gasteiger partial charge in [0.05, 0.1) is 12.6 Å². The fraction of sp³-hybridized carbons (Fsp3) is 0.429. The Hall–Kier alpha value is -1.65. The number of likely N-dealkylation sites (N-methyl/N-ethyl adjacent to an activating group) is 1. The highest BCUT2D eigenvalue weighted by atomic mass is 127. The van der Waals surface area contributed by atoms with Crippen molar-refractivity contribution < 1.29 is 4.79 Å². The van der Waals surface area contributed by atoms with Gasteiger partial charge < -0.3 is 20.9 Å². The van der Waals surface area contributed by atoms with Crippen LogP contribution in [0.15, 0.2) is 46.8 Å². The number of carbonyl (C=O) groups is 1. The summed E-state index contributed by atoms with van der Waals surface area (Å²) in [5, 5.41) is 11.5. The monoisotopic (exact) mass is 529 g/mol. The van der Waals surface area contributed by atoms with E-state index in [1.807, 2.05) is 24.3 Å². The molecule has 0 radical (unpaired) electrons. The van der Waals surface area contributed by atoms with Gasteiger partial charge in [-0.25, -0.2) is 0 Å². The number of aliphatic imine (C=N–C) groups is 1. The highest BCUT2D eigenvalue weighted by Gasteiger charge is 2.14. The van der Waals surface area contributed by atoms with Gasteiger partial charge in [0.1, 0.15) is 0 Å². The number of thiophene rings is 1. The molecule has 0 spiro atoms. The first-order chi connectivity index (χ1) is 13.5. The van der Waals surface area contributed by atoms with E-state index >= 15 is 0 Å². The van der Waals surface area contributed by atoms with Crippen molar-refractivity contribution in [1.29, 1.82) is 0 Å². The van der Waals surface area contributed by atoms with Crippen LogP contribution in [0.2, 0.25) is 0 Å². The molecule has 1 aromatic heterocycles. The van der Waals surface area contributed by atoms with Crippen molar-refractivity contribution in [2.24, 2.45) is 4.99 Å². The van der Waals surface area contributed by atoms with Crippen LogP contribution < -0.4 is 16.0 Å². The molecule has 0 bridgehead atoms. The molecular formula is C21H32IN5OS. The van der Waals surface area contributed by atoms with Crippen LogP contribution in [-0.2, 0) is 6.42 Å². The molecule has 0 aliphatic heterocycles. The number of benzene rings is 1. The predicted molar refractivity (Wildman–Crippen MR) is 134 cm³/mol. The lowest BCUT2D eigenvalue weighted by molar-refractivity contribution is 0.0963. The Balaban J connectivity index is 0.00000420. The van der Waals surface area contributed by atoms with E-state index in [1.165, 1.54) is 4.88 Å². The van der Waals surface area contributed by atoms with E-state index in [1.54, 1.807) is 18.4 Å². The van der Waals surface area contributed by atoms with Crippen LogP contribution >= 0.6 is 35.3 Å². The van der Waals surface area contributed by atoms with Gasteiger partial charge in [-0.15, -0.1) is 35.3 Å². The molecule has 0 saturated carbocycles. The van der Waals surface area contributed by atoms with Gasteiger partial charge >= 0.3 is 0 Å². The minimum Gasteiger partial charge on any atom is -0.357 e. The maximum Gasteiger partial charge on any atom is 0.251 e. The first-order valence-corrected chi connectivity index (χ1v) is 10.5. The highest BCUT2D eigenvalue weighted by molar-refractivity contribution is 14.0. The molecule has 0 fully saturated rings. The molecule has 2 aromatic rings. The number of nitrogens with zero attached hydrogens (tertiary/aromatic N) is 2. The van der Waals surface area contributed by atoms with Gasteiger partial charge in [0, 0.05) is 30.6 Å². The van der Waals surface area contributed by atoms with Gasteiger partial charge in [0.25, 0.3) is 5.91 Å². The highest BCUT2D eigenvalue weighted by Crippen LogP contribution is 2.23. The lowest BCUT2D eigenvalue weighted by atomic mass is 10.1. The van der Waals surface area contributed by atoms with Gasteiger partial charge in [-0.2, -0.15) is 0 Å². The van der Waals surface area contributed by atoms with Crippen molar-refractivity contribution in [2.45, 2.75) is 19.4 Å². The van der Waals surface area contributed by atoms with Crippen LogP contribution in [0.1, 0.15) is 33.8 Å². The molecule has 1 amide bonds. The van der Waals surface area contributed by atoms with E-state index in [0.29, 0.717) is 12.1 Å². The molecule has 0 aliphatic carbocycles. The summed E-state index contributed by atoms with van der Waals surface area (Å²) >= 11 is 1.76. The van der Waals surface area contributed by atoms with Crippen molar-refractivity contribution in [3.8, 4) is 0 Å². The third-order valence-corrected chi connectivity index (χ3v) is 5.36. The van der Waals surface area contributed by atoms with E-state index in [2.05, 4.69) is 59.4 Å². The number of amides is 1. The summed E-state index contributed by atoms with van der Waals surface area (Å²) in [6, 6.07) is 12.2. The Bertz CT molecular complexity index is 764. The van der Waals surface area contributed by atoms with Crippen molar-refractivity contribution in [3.63, 3.8) is 0 Å². The number of rotatable bonds is 9. The van der Waals surface area contributed by atoms with Crippen molar-refractivity contribution in [3.05, 3.63) is 57.8 Å². The van der Waals surface area contributed by atoms with Crippen LogP contribution in [0, 0.1) is 0 Å². The molecule has 0 saturated heterocycles. The number of halogens is 1. The zero-order chi connectivity index (χ0) is 20.4. The summed E-state index contributed by atoms with van der Waals surface area (Å²) in [5.74, 6) is 0.751. The molecule has 0 aliphatic rings. The van der Waals surface area contributed by atoms with E-state index in [-0.39, 0.29) is 35.9 Å². The number of carbonyl (C=O) groups excluding carboxylic acids is 1. The quantitative estimate of drug-likeness (QED) is 0.265. The second kappa shape index (κ2) is 13.6. The topological polar surface area (TPSA) is 68.8 Å². The molecule has 6 nitrogen and oxygen atoms in total. The fourth-order valence-corrected chi connectivity index (χ4v) is 3.76. The number of hydrogen-bond acceptors (Lipinski definition) is 4. The standard InChI is InChI=1S/C21H31N5OS.HI/c1-5-23-21(25-15-18(26(3)4)19-10-7-13-28-19)24-12-11-16-8-6-9-17(14-16)20(27)22-2;/h6-10,13-14,18H,5,11-12,15H2,1-4H3,(H,22,27)(H2,23,24,25);1H. The number of hydrogen-bond donors (Lipinski definition) is 3. The van der Waals surface area contributed by atoms with Gasteiger partial charge in [-0.1, -0.05) is 18.2 Å². The zero-order valence-corrected chi connectivity index (χ0v) is 20.7. The molecule has 3 N–H and O–H groups in total. The number of nitrogens with one attached hydrogen (secondary N) is 3. The summed E-state index contributed by atoms with van der Waals surface area (Å²) in [7, 11) is 5.81. The zero-order valence-electron chi connectivity index (χ0n) is 17.6. The molecule has 8 heteroatoms. The lowest BCUT2D eigenvalue weighted by Gasteiger charge is -2.22. The van der Waals surface area contributed by atoms with E-state index in [9.17, 15) is 4.79 Å². The molecule has 160 valence electrons. The average molecular weight is 529 g/mol. The SMILES string of the molecule is CCNC(=NCC(c1cccs1)N(C)C)NCCc1cccc(C(=O)NC)c1.I. The first kappa shape index (κ1) is 25.4. The minimum atomic E-state index is -0.0620. The first-order valence-electron chi connectivity index (χ1n) is 9.58. The average Bonchev–Trinajstić information content (AvgIpc) is 3.22. The molecule has 1 aromatic carbocycles. The van der Waals surface area contributed by atoms with Crippen LogP contribution in [0.25, 0.3) is 0 Å². The third kappa shape index (κ3) is 8.31. The molecule has 1 unspecified atom stereocenters. The second-order valence-corrected chi connectivity index (χ2v) is 7.65. The van der Waals surface area contributed by atoms with Gasteiger partial charge in [0.15, 0.2) is 5.96 Å². The summed E-state index contributed by atoms with van der Waals surface area (Å²) in [5.41, 5.74) is 1.81. The van der Waals surface area contributed by atoms with Gasteiger partial charge in [-0.3, -0.25) is 9.79 Å². The van der Waals surface area contributed by atoms with Crippen LogP contribution in [0.5, 0.6) is 0 Å². The van der Waals surface area contributed by atoms with Gasteiger partial charge in [0.2, 0.25) is 0 Å². The third-order valence-electron chi connectivity index (χ3n) is 4.38. The van der Waals surface area contributed by atoms with Gasteiger partial charge in [-0.05, 0) is 56.6 Å². The predicted octanol–water partition coefficient (Wildman–Crippen LogP) is 3.13. The Kier molecular flexibility index (Phi) is 11.9. The number of guanidine groups is 1. The maximum absolute atomic E-state index is 11.8. The normalized spacial score (nSPS) is 12.2. The Labute approximate surface area is 195 Å². The molecule has 1 atom stereocenters. The van der Waals surface area contributed by atoms with Crippen molar-refractivity contribution >= 4 is 47.2 Å². The Morgan fingerprint density at radius 1 is 1.21 bits per heavy atom. The fourth-order valence-electron chi connectivity index (χ4n) is 2.85. The smallest absolute Gasteiger partial charge is 0.251 e. The lowest BCUT2D eigenvalue weighted by Crippen LogP contribution is -2.39. The maximum atomic E-state index is 11.8. The van der Waals surface area contributed by atoms with E-state index in [4.69, 9.17) is 4.99 Å². The summed E-state index contributed by atoms with van der Waals surface area (Å²) < 4.78 is 0. The van der Waals surface area contributed by atoms with E-state index in [0.717, 1.165) is 31.0 Å². The Morgan fingerprint density at radius 2 is 2.00 bits per heavy atom. The summed E-state index contributed by atoms with van der Waals surface area (Å²) in [6.07, 6.45) is 0.817. The minimum absolute atomic E-state index is 0. The molecule has 2 rings (SSSR count). The van der Waals surface area contributed by atoms with Crippen molar-refractivity contribution in [1.82, 2.24) is 20.9 Å². The molecule has 29 heavy (non-hydrogen) atoms. The Morgan fingerprint density at radius 3 is 2.62 bits per heavy atom. The second-order valence-electron chi connectivity index (χ2n) is 6.67. The van der Waals surface area contributed by atoms with Crippen molar-refractivity contribution in [2.75, 3.05) is 40.8 Å². The molecule has 1 heterocycles. The largest absolute Gasteiger partial charge is 0.357 e. The van der Waals surface area contributed by atoms with Crippen LogP contribution in [0.4, 0.5) is 0 Å². The molecular weight excluding hydrogens is 497 g/mol. The summed E-state index contributed by atoms with van der Waals surface area (Å²) in [4.78, 5) is 20.1.